The van der Waals surface area contributed by atoms with E-state index in [1.165, 1.54) is 12.1 Å². The molecule has 6 rings (SSSR count). The fourth-order valence-corrected chi connectivity index (χ4v) is 9.14. The van der Waals surface area contributed by atoms with E-state index in [0.717, 1.165) is 24.8 Å². The minimum absolute atomic E-state index is 0.0333. The van der Waals surface area contributed by atoms with Gasteiger partial charge in [-0.2, -0.15) is 0 Å². The number of hydrogen-bond acceptors (Lipinski definition) is 10. The number of carbonyl (C=O) groups excluding carboxylic acids is 6. The van der Waals surface area contributed by atoms with Gasteiger partial charge in [-0.05, 0) is 100 Å². The van der Waals surface area contributed by atoms with Gasteiger partial charge in [0.25, 0.3) is 0 Å². The van der Waals surface area contributed by atoms with Gasteiger partial charge in [0.1, 0.15) is 29.5 Å². The summed E-state index contributed by atoms with van der Waals surface area (Å²) in [5.74, 6) is -2.98. The lowest BCUT2D eigenvalue weighted by Crippen LogP contribution is -2.68. The average Bonchev–Trinajstić information content (AvgIpc) is 3.13. The van der Waals surface area contributed by atoms with Crippen molar-refractivity contribution in [2.75, 3.05) is 6.54 Å². The maximum Gasteiger partial charge on any atom is 0.408 e. The molecule has 6 atom stereocenters. The Morgan fingerprint density at radius 3 is 2.05 bits per heavy atom. The van der Waals surface area contributed by atoms with E-state index < -0.39 is 77.0 Å². The second-order valence-corrected chi connectivity index (χ2v) is 17.4. The SMILES string of the molecule is CCCC[C@@H](NC(=O)[C@H](Cc1ccc(O)cc1)NC(=O)OC(C)(C)C)C(=O)NCC(=O)N[C@@H](Cc1ccccc1)C(=O)OC(=O)C12CC3CC(CC(N)(C3)C1C)C2. The number of alkyl carbamates (subject to hydrolysis) is 1. The molecule has 0 radical (unpaired) electrons. The topological polar surface area (TPSA) is 215 Å². The average molecular weight is 790 g/mol. The Balaban J connectivity index is 1.24. The van der Waals surface area contributed by atoms with E-state index in [-0.39, 0.29) is 30.9 Å². The van der Waals surface area contributed by atoms with Gasteiger partial charge in [0.15, 0.2) is 0 Å². The number of nitrogens with one attached hydrogen (secondary N) is 4. The Morgan fingerprint density at radius 2 is 1.44 bits per heavy atom. The van der Waals surface area contributed by atoms with Gasteiger partial charge in [-0.15, -0.1) is 0 Å². The molecular weight excluding hydrogens is 730 g/mol. The zero-order chi connectivity index (χ0) is 41.5. The molecule has 4 aliphatic carbocycles. The number of benzene rings is 2. The zero-order valence-corrected chi connectivity index (χ0v) is 33.7. The number of ether oxygens (including phenoxy) is 2. The monoisotopic (exact) mass is 789 g/mol. The highest BCUT2D eigenvalue weighted by atomic mass is 16.6. The van der Waals surface area contributed by atoms with E-state index in [4.69, 9.17) is 15.2 Å². The van der Waals surface area contributed by atoms with Crippen molar-refractivity contribution in [1.29, 1.82) is 0 Å². The van der Waals surface area contributed by atoms with Gasteiger partial charge in [0.2, 0.25) is 17.7 Å². The minimum Gasteiger partial charge on any atom is -0.508 e. The first-order valence-corrected chi connectivity index (χ1v) is 20.1. The molecule has 7 N–H and O–H groups in total. The van der Waals surface area contributed by atoms with Gasteiger partial charge < -0.3 is 41.6 Å². The van der Waals surface area contributed by atoms with Crippen molar-refractivity contribution in [2.24, 2.45) is 28.9 Å². The molecule has 310 valence electrons. The molecule has 0 heterocycles. The molecule has 2 aromatic carbocycles. The van der Waals surface area contributed by atoms with Crippen molar-refractivity contribution >= 4 is 35.8 Å². The highest BCUT2D eigenvalue weighted by molar-refractivity contribution is 5.96. The van der Waals surface area contributed by atoms with Crippen LogP contribution in [0.3, 0.4) is 0 Å². The Bertz CT molecular complexity index is 1760. The fourth-order valence-electron chi connectivity index (χ4n) is 9.14. The maximum atomic E-state index is 13.9. The summed E-state index contributed by atoms with van der Waals surface area (Å²) in [4.78, 5) is 81.0. The Morgan fingerprint density at radius 1 is 0.825 bits per heavy atom. The lowest BCUT2D eigenvalue weighted by Gasteiger charge is -2.63. The Kier molecular flexibility index (Phi) is 13.7. The van der Waals surface area contributed by atoms with Crippen molar-refractivity contribution in [1.82, 2.24) is 21.3 Å². The number of esters is 2. The summed E-state index contributed by atoms with van der Waals surface area (Å²) in [5, 5.41) is 20.3. The second-order valence-electron chi connectivity index (χ2n) is 17.4. The third-order valence-electron chi connectivity index (χ3n) is 11.8. The number of phenolic OH excluding ortho intramolecular Hbond substituents is 1. The predicted octanol–water partition coefficient (Wildman–Crippen LogP) is 3.96. The van der Waals surface area contributed by atoms with Crippen LogP contribution in [0.25, 0.3) is 0 Å². The first kappa shape index (κ1) is 43.1. The van der Waals surface area contributed by atoms with E-state index in [1.807, 2.05) is 19.9 Å². The van der Waals surface area contributed by atoms with Crippen LogP contribution >= 0.6 is 0 Å². The van der Waals surface area contributed by atoms with Crippen LogP contribution in [0.2, 0.25) is 0 Å². The summed E-state index contributed by atoms with van der Waals surface area (Å²) in [6.07, 6.45) is 4.77. The number of nitrogens with two attached hydrogens (primary N) is 1. The van der Waals surface area contributed by atoms with E-state index in [2.05, 4.69) is 21.3 Å². The number of phenols is 1. The van der Waals surface area contributed by atoms with Crippen LogP contribution in [0.4, 0.5) is 4.79 Å². The second kappa shape index (κ2) is 18.1. The summed E-state index contributed by atoms with van der Waals surface area (Å²) in [6.45, 7) is 8.45. The normalized spacial score (nSPS) is 25.0. The molecule has 4 amide bonds. The number of aromatic hydroxyl groups is 1. The summed E-state index contributed by atoms with van der Waals surface area (Å²) >= 11 is 0. The van der Waals surface area contributed by atoms with Crippen LogP contribution in [0.15, 0.2) is 54.6 Å². The van der Waals surface area contributed by atoms with Crippen molar-refractivity contribution in [3.63, 3.8) is 0 Å². The van der Waals surface area contributed by atoms with Gasteiger partial charge in [0.05, 0.1) is 12.0 Å². The van der Waals surface area contributed by atoms with Crippen LogP contribution in [0, 0.1) is 23.2 Å². The zero-order valence-electron chi connectivity index (χ0n) is 33.7. The summed E-state index contributed by atoms with van der Waals surface area (Å²) < 4.78 is 11.0. The first-order chi connectivity index (χ1) is 26.9. The highest BCUT2D eigenvalue weighted by Gasteiger charge is 2.64. The molecule has 4 aliphatic rings. The predicted molar refractivity (Wildman–Crippen MR) is 211 cm³/mol. The third kappa shape index (κ3) is 11.1. The number of hydrogen-bond donors (Lipinski definition) is 6. The fraction of sp³-hybridized carbons (Fsp3) is 0.581. The minimum atomic E-state index is -1.23. The smallest absolute Gasteiger partial charge is 0.408 e. The maximum absolute atomic E-state index is 13.9. The standard InChI is InChI=1S/C43H59N5O9/c1-6-7-13-32(47-37(52)33(48-40(55)57-41(3,4)5)19-28-14-16-31(49)17-15-28)36(51)45-25-35(50)46-34(20-27-11-9-8-10-12-27)38(53)56-39(54)42-21-29-18-30(22-42)24-43(44,23-29)26(42)2/h8-12,14-17,26,29-30,32-34,49H,6-7,13,18-25,44H2,1-5H3,(H,45,51)(H,46,50)(H,47,52)(H,48,55)/t26?,29?,30?,32-,33+,34+,42?,43?/m1/s1. The molecule has 0 spiro atoms. The van der Waals surface area contributed by atoms with E-state index in [9.17, 15) is 33.9 Å². The number of carbonyl (C=O) groups is 6. The third-order valence-corrected chi connectivity index (χ3v) is 11.8. The summed E-state index contributed by atoms with van der Waals surface area (Å²) in [6, 6.07) is 11.7. The van der Waals surface area contributed by atoms with Gasteiger partial charge in [-0.3, -0.25) is 19.2 Å². The lowest BCUT2D eigenvalue weighted by molar-refractivity contribution is -0.190. The van der Waals surface area contributed by atoms with Crippen LogP contribution in [-0.2, 0) is 46.3 Å². The highest BCUT2D eigenvalue weighted by Crippen LogP contribution is 2.64. The van der Waals surface area contributed by atoms with E-state index >= 15 is 0 Å². The molecule has 57 heavy (non-hydrogen) atoms. The Labute approximate surface area is 334 Å². The molecule has 4 fully saturated rings. The Hall–Kier alpha value is -4.98. The number of amides is 4. The summed E-state index contributed by atoms with van der Waals surface area (Å²) in [7, 11) is 0. The molecule has 14 nitrogen and oxygen atoms in total. The van der Waals surface area contributed by atoms with Gasteiger partial charge in [-0.1, -0.05) is 69.2 Å². The van der Waals surface area contributed by atoms with Crippen LogP contribution in [0.1, 0.15) is 97.1 Å². The summed E-state index contributed by atoms with van der Waals surface area (Å²) in [5.41, 5.74) is 6.03. The molecule has 3 unspecified atom stereocenters. The molecule has 0 aliphatic heterocycles. The van der Waals surface area contributed by atoms with E-state index in [0.29, 0.717) is 43.1 Å². The quantitative estimate of drug-likeness (QED) is 0.106. The molecule has 14 heteroatoms. The van der Waals surface area contributed by atoms with Gasteiger partial charge >= 0.3 is 18.0 Å². The molecule has 0 saturated heterocycles. The molecule has 4 bridgehead atoms. The van der Waals surface area contributed by atoms with Crippen molar-refractivity contribution < 1.29 is 43.3 Å². The van der Waals surface area contributed by atoms with Crippen molar-refractivity contribution in [3.8, 4) is 5.75 Å². The molecule has 4 saturated carbocycles. The number of rotatable bonds is 16. The lowest BCUT2D eigenvalue weighted by atomic mass is 9.43. The largest absolute Gasteiger partial charge is 0.508 e. The van der Waals surface area contributed by atoms with Crippen molar-refractivity contribution in [2.45, 2.75) is 128 Å². The van der Waals surface area contributed by atoms with Gasteiger partial charge in [-0.25, -0.2) is 9.59 Å². The molecule has 0 aromatic heterocycles. The first-order valence-electron chi connectivity index (χ1n) is 20.1. The van der Waals surface area contributed by atoms with Crippen molar-refractivity contribution in [3.05, 3.63) is 65.7 Å². The van der Waals surface area contributed by atoms with Crippen LogP contribution in [0.5, 0.6) is 5.75 Å². The van der Waals surface area contributed by atoms with E-state index in [1.54, 1.807) is 57.2 Å². The van der Waals surface area contributed by atoms with Crippen LogP contribution < -0.4 is 27.0 Å². The molecule has 2 aromatic rings. The van der Waals surface area contributed by atoms with Crippen LogP contribution in [-0.4, -0.2) is 76.7 Å². The number of unbranched alkanes of at least 4 members (excludes halogenated alkanes) is 1. The molecular formula is C43H59N5O9. The van der Waals surface area contributed by atoms with Gasteiger partial charge in [0, 0.05) is 18.4 Å².